The van der Waals surface area contributed by atoms with Crippen molar-refractivity contribution in [1.82, 2.24) is 15.1 Å². The smallest absolute Gasteiger partial charge is 0.311 e. The minimum Gasteiger partial charge on any atom is -0.417 e. The first kappa shape index (κ1) is 14.8. The van der Waals surface area contributed by atoms with Gasteiger partial charge >= 0.3 is 11.8 Å². The molecule has 4 rings (SSSR count). The Bertz CT molecular complexity index is 879. The lowest BCUT2D eigenvalue weighted by atomic mass is 10.1. The molecule has 3 aromatic rings. The standard InChI is InChI=1S/C18H17N3O3/c1-12-19-20-17(24-12)18(22)21-9-15(10-21)23-11-14-7-4-6-13-5-2-3-8-16(13)14/h2-8,15H,9-11H2,1H3. The minimum absolute atomic E-state index is 0.0388. The molecule has 1 amide bonds. The Labute approximate surface area is 139 Å². The molecule has 2 heterocycles. The SMILES string of the molecule is Cc1nnc(C(=O)N2CC(OCc3cccc4ccccc34)C2)o1. The van der Waals surface area contributed by atoms with Crippen molar-refractivity contribution in [2.24, 2.45) is 0 Å². The normalized spacial score (nSPS) is 14.8. The van der Waals surface area contributed by atoms with Crippen LogP contribution in [0.15, 0.2) is 46.9 Å². The third kappa shape index (κ3) is 2.76. The maximum Gasteiger partial charge on any atom is 0.311 e. The molecule has 0 N–H and O–H groups in total. The Morgan fingerprint density at radius 2 is 2.00 bits per heavy atom. The summed E-state index contributed by atoms with van der Waals surface area (Å²) in [7, 11) is 0. The Kier molecular flexibility index (Phi) is 3.74. The van der Waals surface area contributed by atoms with Gasteiger partial charge < -0.3 is 14.1 Å². The summed E-state index contributed by atoms with van der Waals surface area (Å²) in [5.74, 6) is 0.197. The van der Waals surface area contributed by atoms with Crippen LogP contribution in [0.5, 0.6) is 0 Å². The minimum atomic E-state index is -0.236. The molecule has 0 aliphatic carbocycles. The van der Waals surface area contributed by atoms with Gasteiger partial charge in [0, 0.05) is 20.0 Å². The molecule has 1 aliphatic rings. The number of ether oxygens (including phenoxy) is 1. The first-order valence-corrected chi connectivity index (χ1v) is 7.88. The largest absolute Gasteiger partial charge is 0.417 e. The zero-order valence-corrected chi connectivity index (χ0v) is 13.3. The molecule has 0 bridgehead atoms. The van der Waals surface area contributed by atoms with Gasteiger partial charge in [0.1, 0.15) is 0 Å². The van der Waals surface area contributed by atoms with E-state index in [-0.39, 0.29) is 17.9 Å². The van der Waals surface area contributed by atoms with E-state index in [0.717, 1.165) is 5.56 Å². The molecule has 6 heteroatoms. The second kappa shape index (κ2) is 6.05. The molecule has 24 heavy (non-hydrogen) atoms. The van der Waals surface area contributed by atoms with Crippen LogP contribution in [0.2, 0.25) is 0 Å². The highest BCUT2D eigenvalue weighted by Crippen LogP contribution is 2.22. The van der Waals surface area contributed by atoms with Crippen LogP contribution in [0.3, 0.4) is 0 Å². The number of nitrogens with zero attached hydrogens (tertiary/aromatic N) is 3. The number of likely N-dealkylation sites (tertiary alicyclic amines) is 1. The number of carbonyl (C=O) groups excluding carboxylic acids is 1. The van der Waals surface area contributed by atoms with E-state index in [1.54, 1.807) is 11.8 Å². The molecule has 0 saturated carbocycles. The number of amides is 1. The van der Waals surface area contributed by atoms with Gasteiger partial charge in [0.15, 0.2) is 0 Å². The van der Waals surface area contributed by atoms with Gasteiger partial charge in [0.25, 0.3) is 0 Å². The molecule has 1 aromatic heterocycles. The molecule has 0 atom stereocenters. The summed E-state index contributed by atoms with van der Waals surface area (Å²) in [6, 6.07) is 14.5. The van der Waals surface area contributed by atoms with Crippen molar-refractivity contribution in [3.8, 4) is 0 Å². The van der Waals surface area contributed by atoms with Crippen LogP contribution in [0.1, 0.15) is 22.1 Å². The van der Waals surface area contributed by atoms with E-state index in [2.05, 4.69) is 34.5 Å². The van der Waals surface area contributed by atoms with Crippen molar-refractivity contribution in [1.29, 1.82) is 0 Å². The molecule has 1 fully saturated rings. The molecule has 6 nitrogen and oxygen atoms in total. The number of hydrogen-bond acceptors (Lipinski definition) is 5. The summed E-state index contributed by atoms with van der Waals surface area (Å²) < 4.78 is 11.1. The van der Waals surface area contributed by atoms with E-state index < -0.39 is 0 Å². The lowest BCUT2D eigenvalue weighted by molar-refractivity contribution is -0.0511. The van der Waals surface area contributed by atoms with Gasteiger partial charge in [-0.3, -0.25) is 4.79 Å². The fraction of sp³-hybridized carbons (Fsp3) is 0.278. The van der Waals surface area contributed by atoms with Crippen molar-refractivity contribution in [2.75, 3.05) is 13.1 Å². The lowest BCUT2D eigenvalue weighted by Gasteiger charge is -2.38. The van der Waals surface area contributed by atoms with E-state index >= 15 is 0 Å². The number of carbonyl (C=O) groups is 1. The van der Waals surface area contributed by atoms with Crippen LogP contribution in [-0.2, 0) is 11.3 Å². The highest BCUT2D eigenvalue weighted by Gasteiger charge is 2.34. The van der Waals surface area contributed by atoms with E-state index in [1.807, 2.05) is 18.2 Å². The molecule has 0 unspecified atom stereocenters. The van der Waals surface area contributed by atoms with Crippen molar-refractivity contribution in [2.45, 2.75) is 19.6 Å². The summed E-state index contributed by atoms with van der Waals surface area (Å²) in [6.07, 6.45) is 0.0388. The van der Waals surface area contributed by atoms with Gasteiger partial charge in [-0.1, -0.05) is 42.5 Å². The maximum absolute atomic E-state index is 12.1. The number of aromatic nitrogens is 2. The number of hydrogen-bond donors (Lipinski definition) is 0. The number of rotatable bonds is 4. The summed E-state index contributed by atoms with van der Waals surface area (Å²) in [5.41, 5.74) is 1.16. The van der Waals surface area contributed by atoms with Crippen LogP contribution in [0.4, 0.5) is 0 Å². The third-order valence-electron chi connectivity index (χ3n) is 4.20. The molecule has 1 aliphatic heterocycles. The maximum atomic E-state index is 12.1. The van der Waals surface area contributed by atoms with E-state index in [1.165, 1.54) is 10.8 Å². The van der Waals surface area contributed by atoms with Crippen LogP contribution in [0.25, 0.3) is 10.8 Å². The van der Waals surface area contributed by atoms with Crippen molar-refractivity contribution in [3.05, 3.63) is 59.8 Å². The highest BCUT2D eigenvalue weighted by molar-refractivity contribution is 5.90. The predicted molar refractivity (Wildman–Crippen MR) is 87.5 cm³/mol. The summed E-state index contributed by atoms with van der Waals surface area (Å²) in [4.78, 5) is 13.8. The van der Waals surface area contributed by atoms with Gasteiger partial charge in [-0.05, 0) is 16.3 Å². The monoisotopic (exact) mass is 323 g/mol. The van der Waals surface area contributed by atoms with Gasteiger partial charge in [-0.2, -0.15) is 0 Å². The number of benzene rings is 2. The molecule has 122 valence electrons. The van der Waals surface area contributed by atoms with Gasteiger partial charge in [-0.15, -0.1) is 10.2 Å². The van der Waals surface area contributed by atoms with Gasteiger partial charge in [-0.25, -0.2) is 0 Å². The first-order valence-electron chi connectivity index (χ1n) is 7.88. The van der Waals surface area contributed by atoms with Crippen molar-refractivity contribution < 1.29 is 13.9 Å². The second-order valence-electron chi connectivity index (χ2n) is 5.91. The van der Waals surface area contributed by atoms with Crippen molar-refractivity contribution in [3.63, 3.8) is 0 Å². The number of fused-ring (bicyclic) bond motifs is 1. The van der Waals surface area contributed by atoms with Gasteiger partial charge in [0.05, 0.1) is 12.7 Å². The molecular weight excluding hydrogens is 306 g/mol. The summed E-state index contributed by atoms with van der Waals surface area (Å²) >= 11 is 0. The lowest BCUT2D eigenvalue weighted by Crippen LogP contribution is -2.54. The third-order valence-corrected chi connectivity index (χ3v) is 4.20. The molecule has 1 saturated heterocycles. The van der Waals surface area contributed by atoms with Crippen LogP contribution >= 0.6 is 0 Å². The Morgan fingerprint density at radius 3 is 2.79 bits per heavy atom. The first-order chi connectivity index (χ1) is 11.7. The summed E-state index contributed by atoms with van der Waals surface area (Å²) in [6.45, 7) is 3.29. The zero-order valence-electron chi connectivity index (χ0n) is 13.3. The predicted octanol–water partition coefficient (Wildman–Crippen LogP) is 2.57. The van der Waals surface area contributed by atoms with Gasteiger partial charge in [0.2, 0.25) is 5.89 Å². The van der Waals surface area contributed by atoms with Crippen LogP contribution in [-0.4, -0.2) is 40.2 Å². The molecule has 0 radical (unpaired) electrons. The summed E-state index contributed by atoms with van der Waals surface area (Å²) in [5, 5.41) is 9.84. The van der Waals surface area contributed by atoms with Crippen LogP contribution in [0, 0.1) is 6.92 Å². The topological polar surface area (TPSA) is 68.5 Å². The fourth-order valence-electron chi connectivity index (χ4n) is 2.85. The second-order valence-corrected chi connectivity index (χ2v) is 5.91. The Morgan fingerprint density at radius 1 is 1.21 bits per heavy atom. The Balaban J connectivity index is 1.34. The average molecular weight is 323 g/mol. The average Bonchev–Trinajstić information content (AvgIpc) is 3.00. The fourth-order valence-corrected chi connectivity index (χ4v) is 2.85. The highest BCUT2D eigenvalue weighted by atomic mass is 16.5. The Hall–Kier alpha value is -2.73. The zero-order chi connectivity index (χ0) is 16.5. The molecule has 2 aromatic carbocycles. The van der Waals surface area contributed by atoms with Crippen LogP contribution < -0.4 is 0 Å². The number of aryl methyl sites for hydroxylation is 1. The van der Waals surface area contributed by atoms with E-state index in [0.29, 0.717) is 25.6 Å². The molecular formula is C18H17N3O3. The van der Waals surface area contributed by atoms with E-state index in [9.17, 15) is 4.79 Å². The molecule has 0 spiro atoms. The quantitative estimate of drug-likeness (QED) is 0.738. The van der Waals surface area contributed by atoms with Crippen molar-refractivity contribution >= 4 is 16.7 Å². The van der Waals surface area contributed by atoms with E-state index in [4.69, 9.17) is 9.15 Å².